The van der Waals surface area contributed by atoms with Gasteiger partial charge in [-0.3, -0.25) is 9.69 Å². The number of nitrogens with two attached hydrogens (primary N) is 1. The molecular formula is C15H31N3O. The summed E-state index contributed by atoms with van der Waals surface area (Å²) < 4.78 is 0. The Morgan fingerprint density at radius 1 is 1.21 bits per heavy atom. The molecule has 1 amide bonds. The van der Waals surface area contributed by atoms with Crippen LogP contribution in [0.15, 0.2) is 0 Å². The molecule has 0 radical (unpaired) electrons. The van der Waals surface area contributed by atoms with Crippen LogP contribution in [0.3, 0.4) is 0 Å². The number of rotatable bonds is 5. The fourth-order valence-electron chi connectivity index (χ4n) is 2.73. The Morgan fingerprint density at radius 2 is 1.79 bits per heavy atom. The molecule has 1 saturated carbocycles. The average molecular weight is 269 g/mol. The van der Waals surface area contributed by atoms with Gasteiger partial charge in [0.2, 0.25) is 5.91 Å². The van der Waals surface area contributed by atoms with Crippen LogP contribution in [-0.4, -0.2) is 42.0 Å². The molecule has 1 aliphatic rings. The van der Waals surface area contributed by atoms with E-state index in [-0.39, 0.29) is 17.9 Å². The van der Waals surface area contributed by atoms with Crippen molar-refractivity contribution in [2.24, 2.45) is 11.7 Å². The van der Waals surface area contributed by atoms with E-state index < -0.39 is 6.04 Å². The first-order valence-corrected chi connectivity index (χ1v) is 7.62. The molecule has 0 heterocycles. The van der Waals surface area contributed by atoms with Gasteiger partial charge in [0.15, 0.2) is 0 Å². The lowest BCUT2D eigenvalue weighted by Crippen LogP contribution is -2.57. The van der Waals surface area contributed by atoms with Gasteiger partial charge in [-0.2, -0.15) is 0 Å². The maximum absolute atomic E-state index is 12.1. The second kappa shape index (κ2) is 7.25. The molecule has 4 heteroatoms. The third kappa shape index (κ3) is 4.46. The van der Waals surface area contributed by atoms with Crippen molar-refractivity contribution in [2.75, 3.05) is 7.05 Å². The van der Waals surface area contributed by atoms with E-state index in [0.717, 1.165) is 12.8 Å². The number of likely N-dealkylation sites (N-methyl/N-ethyl adjacent to an activating group) is 1. The van der Waals surface area contributed by atoms with Gasteiger partial charge in [0.25, 0.3) is 0 Å². The Balaban J connectivity index is 2.65. The van der Waals surface area contributed by atoms with Gasteiger partial charge in [-0.05, 0) is 39.7 Å². The topological polar surface area (TPSA) is 58.4 Å². The van der Waals surface area contributed by atoms with Crippen LogP contribution in [0.5, 0.6) is 0 Å². The first-order valence-electron chi connectivity index (χ1n) is 7.62. The van der Waals surface area contributed by atoms with Crippen molar-refractivity contribution in [3.8, 4) is 0 Å². The monoisotopic (exact) mass is 269 g/mol. The van der Waals surface area contributed by atoms with E-state index >= 15 is 0 Å². The molecule has 3 atom stereocenters. The highest BCUT2D eigenvalue weighted by Crippen LogP contribution is 2.24. The summed E-state index contributed by atoms with van der Waals surface area (Å²) in [7, 11) is 2.15. The fourth-order valence-corrected chi connectivity index (χ4v) is 2.73. The van der Waals surface area contributed by atoms with Crippen molar-refractivity contribution >= 4 is 5.91 Å². The van der Waals surface area contributed by atoms with Gasteiger partial charge in [-0.15, -0.1) is 0 Å². The van der Waals surface area contributed by atoms with E-state index in [9.17, 15) is 4.79 Å². The first kappa shape index (κ1) is 16.4. The average Bonchev–Trinajstić information content (AvgIpc) is 2.37. The first-order chi connectivity index (χ1) is 8.84. The number of hydrogen-bond acceptors (Lipinski definition) is 3. The Kier molecular flexibility index (Phi) is 6.27. The molecule has 0 bridgehead atoms. The summed E-state index contributed by atoms with van der Waals surface area (Å²) in [6.45, 7) is 8.38. The van der Waals surface area contributed by atoms with E-state index in [2.05, 4.69) is 31.1 Å². The predicted molar refractivity (Wildman–Crippen MR) is 79.9 cm³/mol. The van der Waals surface area contributed by atoms with Crippen molar-refractivity contribution in [2.45, 2.75) is 77.5 Å². The summed E-state index contributed by atoms with van der Waals surface area (Å²) >= 11 is 0. The molecular weight excluding hydrogens is 238 g/mol. The van der Waals surface area contributed by atoms with Gasteiger partial charge in [0.1, 0.15) is 0 Å². The van der Waals surface area contributed by atoms with Gasteiger partial charge < -0.3 is 11.1 Å². The number of carbonyl (C=O) groups is 1. The number of nitrogens with one attached hydrogen (secondary N) is 1. The van der Waals surface area contributed by atoms with E-state index in [0.29, 0.717) is 12.1 Å². The van der Waals surface area contributed by atoms with Crippen LogP contribution in [0, 0.1) is 5.92 Å². The van der Waals surface area contributed by atoms with Crippen LogP contribution in [0.4, 0.5) is 0 Å². The van der Waals surface area contributed by atoms with Gasteiger partial charge in [0, 0.05) is 18.1 Å². The summed E-state index contributed by atoms with van der Waals surface area (Å²) in [5.41, 5.74) is 5.93. The normalized spacial score (nSPS) is 25.9. The van der Waals surface area contributed by atoms with E-state index in [1.165, 1.54) is 12.8 Å². The minimum atomic E-state index is -0.396. The number of amides is 1. The number of hydrogen-bond donors (Lipinski definition) is 2. The predicted octanol–water partition coefficient (Wildman–Crippen LogP) is 1.74. The zero-order valence-electron chi connectivity index (χ0n) is 13.1. The molecule has 0 spiro atoms. The Labute approximate surface area is 118 Å². The van der Waals surface area contributed by atoms with Crippen LogP contribution in [0.1, 0.15) is 53.4 Å². The zero-order chi connectivity index (χ0) is 14.6. The molecule has 0 aromatic rings. The standard InChI is InChI=1S/C15H31N3O/c1-10(2)14(16)15(19)17-12-8-6-7-9-13(12)18(5)11(3)4/h10-14H,6-9,16H2,1-5H3,(H,17,19). The number of carbonyl (C=O) groups excluding carboxylic acids is 1. The Bertz CT molecular complexity index is 291. The summed E-state index contributed by atoms with van der Waals surface area (Å²) in [5, 5.41) is 3.18. The van der Waals surface area contributed by atoms with Crippen molar-refractivity contribution in [3.05, 3.63) is 0 Å². The molecule has 1 aliphatic carbocycles. The quantitative estimate of drug-likeness (QED) is 0.799. The lowest BCUT2D eigenvalue weighted by Gasteiger charge is -2.40. The van der Waals surface area contributed by atoms with E-state index in [4.69, 9.17) is 5.73 Å². The summed E-state index contributed by atoms with van der Waals surface area (Å²) in [4.78, 5) is 14.5. The molecule has 1 fully saturated rings. The smallest absolute Gasteiger partial charge is 0.237 e. The second-order valence-electron chi connectivity index (χ2n) is 6.50. The van der Waals surface area contributed by atoms with Gasteiger partial charge in [-0.25, -0.2) is 0 Å². The van der Waals surface area contributed by atoms with E-state index in [1.807, 2.05) is 13.8 Å². The largest absolute Gasteiger partial charge is 0.350 e. The van der Waals surface area contributed by atoms with Crippen LogP contribution >= 0.6 is 0 Å². The highest BCUT2D eigenvalue weighted by molar-refractivity contribution is 5.82. The van der Waals surface area contributed by atoms with Gasteiger partial charge >= 0.3 is 0 Å². The summed E-state index contributed by atoms with van der Waals surface area (Å²) in [6.07, 6.45) is 4.68. The molecule has 0 saturated heterocycles. The van der Waals surface area contributed by atoms with Crippen LogP contribution in [0.25, 0.3) is 0 Å². The van der Waals surface area contributed by atoms with E-state index in [1.54, 1.807) is 0 Å². The highest BCUT2D eigenvalue weighted by Gasteiger charge is 2.31. The molecule has 0 aromatic carbocycles. The van der Waals surface area contributed by atoms with Gasteiger partial charge in [0.05, 0.1) is 6.04 Å². The molecule has 112 valence electrons. The fraction of sp³-hybridized carbons (Fsp3) is 0.933. The minimum absolute atomic E-state index is 0.00376. The molecule has 0 aliphatic heterocycles. The van der Waals surface area contributed by atoms with Crippen molar-refractivity contribution in [3.63, 3.8) is 0 Å². The lowest BCUT2D eigenvalue weighted by molar-refractivity contribution is -0.124. The van der Waals surface area contributed by atoms with Crippen LogP contribution in [-0.2, 0) is 4.79 Å². The summed E-state index contributed by atoms with van der Waals surface area (Å²) in [6, 6.07) is 0.795. The van der Waals surface area contributed by atoms with Crippen molar-refractivity contribution < 1.29 is 4.79 Å². The third-order valence-electron chi connectivity index (χ3n) is 4.42. The molecule has 19 heavy (non-hydrogen) atoms. The minimum Gasteiger partial charge on any atom is -0.350 e. The maximum Gasteiger partial charge on any atom is 0.237 e. The van der Waals surface area contributed by atoms with Crippen LogP contribution < -0.4 is 11.1 Å². The van der Waals surface area contributed by atoms with Crippen molar-refractivity contribution in [1.29, 1.82) is 0 Å². The maximum atomic E-state index is 12.1. The van der Waals surface area contributed by atoms with Crippen molar-refractivity contribution in [1.82, 2.24) is 10.2 Å². The molecule has 3 unspecified atom stereocenters. The Morgan fingerprint density at radius 3 is 2.32 bits per heavy atom. The second-order valence-corrected chi connectivity index (χ2v) is 6.50. The summed E-state index contributed by atoms with van der Waals surface area (Å²) in [5.74, 6) is 0.189. The number of nitrogens with zero attached hydrogens (tertiary/aromatic N) is 1. The third-order valence-corrected chi connectivity index (χ3v) is 4.42. The molecule has 1 rings (SSSR count). The molecule has 3 N–H and O–H groups in total. The van der Waals surface area contributed by atoms with Gasteiger partial charge in [-0.1, -0.05) is 26.7 Å². The van der Waals surface area contributed by atoms with Crippen LogP contribution in [0.2, 0.25) is 0 Å². The molecule has 4 nitrogen and oxygen atoms in total. The lowest BCUT2D eigenvalue weighted by atomic mass is 9.88. The molecule has 0 aromatic heterocycles. The zero-order valence-corrected chi connectivity index (χ0v) is 13.1. The Hall–Kier alpha value is -0.610. The SMILES string of the molecule is CC(C)C(N)C(=O)NC1CCCCC1N(C)C(C)C. The highest BCUT2D eigenvalue weighted by atomic mass is 16.2.